The fourth-order valence-electron chi connectivity index (χ4n) is 4.91. The summed E-state index contributed by atoms with van der Waals surface area (Å²) in [6.07, 6.45) is 0.565. The smallest absolute Gasteiger partial charge is 0.366 e. The van der Waals surface area contributed by atoms with Crippen molar-refractivity contribution in [2.24, 2.45) is 5.73 Å². The molecule has 1 amide bonds. The molecule has 2 N–H and O–H groups in total. The summed E-state index contributed by atoms with van der Waals surface area (Å²) in [7, 11) is 2.08. The summed E-state index contributed by atoms with van der Waals surface area (Å²) < 4.78 is 39.3. The molecular formula is C27H30F3N3O. The average molecular weight is 470 g/mol. The van der Waals surface area contributed by atoms with Crippen LogP contribution < -0.4 is 5.73 Å². The van der Waals surface area contributed by atoms with Crippen molar-refractivity contribution in [1.29, 1.82) is 0 Å². The Morgan fingerprint density at radius 3 is 2.18 bits per heavy atom. The zero-order valence-electron chi connectivity index (χ0n) is 19.5. The molecule has 7 heteroatoms. The summed E-state index contributed by atoms with van der Waals surface area (Å²) in [4.78, 5) is 17.0. The molecule has 2 aromatic carbocycles. The Kier molecular flexibility index (Phi) is 6.69. The van der Waals surface area contributed by atoms with Gasteiger partial charge in [-0.2, -0.15) is 13.2 Å². The summed E-state index contributed by atoms with van der Waals surface area (Å²) in [5.74, 6) is -0.478. The Labute approximate surface area is 198 Å². The topological polar surface area (TPSA) is 49.6 Å². The van der Waals surface area contributed by atoms with Crippen LogP contribution in [0.2, 0.25) is 0 Å². The summed E-state index contributed by atoms with van der Waals surface area (Å²) in [5, 5.41) is 0. The fourth-order valence-corrected chi connectivity index (χ4v) is 4.91. The van der Waals surface area contributed by atoms with E-state index in [0.717, 1.165) is 60.6 Å². The molecule has 1 atom stereocenters. The highest BCUT2D eigenvalue weighted by Gasteiger charge is 2.40. The van der Waals surface area contributed by atoms with Gasteiger partial charge in [-0.1, -0.05) is 54.1 Å². The molecule has 0 saturated carbocycles. The van der Waals surface area contributed by atoms with E-state index in [1.54, 1.807) is 12.1 Å². The number of aryl methyl sites for hydroxylation is 1. The van der Waals surface area contributed by atoms with Gasteiger partial charge in [-0.25, -0.2) is 0 Å². The Hall–Kier alpha value is -2.90. The number of nitrogens with two attached hydrogens (primary N) is 1. The molecule has 0 aromatic heterocycles. The van der Waals surface area contributed by atoms with E-state index < -0.39 is 23.2 Å². The van der Waals surface area contributed by atoms with Crippen molar-refractivity contribution in [3.05, 3.63) is 88.5 Å². The molecule has 1 unspecified atom stereocenters. The van der Waals surface area contributed by atoms with Gasteiger partial charge in [0.25, 0.3) is 0 Å². The van der Waals surface area contributed by atoms with Crippen LogP contribution in [-0.2, 0) is 17.4 Å². The minimum Gasteiger partial charge on any atom is -0.366 e. The highest BCUT2D eigenvalue weighted by molar-refractivity contribution is 6.03. The maximum atomic E-state index is 13.1. The van der Waals surface area contributed by atoms with Gasteiger partial charge in [-0.3, -0.25) is 9.69 Å². The van der Waals surface area contributed by atoms with E-state index in [0.29, 0.717) is 18.4 Å². The predicted octanol–water partition coefficient (Wildman–Crippen LogP) is 4.44. The van der Waals surface area contributed by atoms with Gasteiger partial charge in [0, 0.05) is 37.3 Å². The standard InChI is InChI=1S/C27H30F3N3O/c1-19-3-7-21(8-4-19)24-18-26(12-11-23(24)25(31)34,33-15-13-32(2)14-16-33)17-20-5-9-22(10-6-20)27(28,29)30/h3-12H,13-18H2,1-2H3,(H2,31,34). The molecule has 0 radical (unpaired) electrons. The van der Waals surface area contributed by atoms with Crippen LogP contribution >= 0.6 is 0 Å². The van der Waals surface area contributed by atoms with E-state index >= 15 is 0 Å². The Morgan fingerprint density at radius 1 is 1.00 bits per heavy atom. The van der Waals surface area contributed by atoms with E-state index in [1.165, 1.54) is 0 Å². The lowest BCUT2D eigenvalue weighted by molar-refractivity contribution is -0.137. The zero-order chi connectivity index (χ0) is 24.5. The largest absolute Gasteiger partial charge is 0.416 e. The SMILES string of the molecule is Cc1ccc(C2=C(C(N)=O)C=CC(Cc3ccc(C(F)(F)F)cc3)(N3CCN(C)CC3)C2)cc1. The Morgan fingerprint density at radius 2 is 1.62 bits per heavy atom. The van der Waals surface area contributed by atoms with E-state index in [9.17, 15) is 18.0 Å². The van der Waals surface area contributed by atoms with Crippen LogP contribution in [0.5, 0.6) is 0 Å². The number of primary amides is 1. The zero-order valence-corrected chi connectivity index (χ0v) is 19.5. The van der Waals surface area contributed by atoms with Crippen molar-refractivity contribution in [2.75, 3.05) is 33.2 Å². The van der Waals surface area contributed by atoms with Crippen LogP contribution in [0.15, 0.2) is 66.3 Å². The van der Waals surface area contributed by atoms with Crippen LogP contribution in [0.25, 0.3) is 5.57 Å². The molecule has 2 aromatic rings. The molecule has 1 saturated heterocycles. The summed E-state index contributed by atoms with van der Waals surface area (Å²) >= 11 is 0. The van der Waals surface area contributed by atoms with Crippen LogP contribution in [0.1, 0.15) is 28.7 Å². The first-order valence-corrected chi connectivity index (χ1v) is 11.5. The fraction of sp³-hybridized carbons (Fsp3) is 0.370. The van der Waals surface area contributed by atoms with Gasteiger partial charge in [0.05, 0.1) is 5.56 Å². The van der Waals surface area contributed by atoms with Crippen LogP contribution in [-0.4, -0.2) is 54.5 Å². The first-order valence-electron chi connectivity index (χ1n) is 11.5. The molecular weight excluding hydrogens is 439 g/mol. The normalized spacial score (nSPS) is 22.3. The second kappa shape index (κ2) is 9.39. The molecule has 0 bridgehead atoms. The van der Waals surface area contributed by atoms with Crippen molar-refractivity contribution < 1.29 is 18.0 Å². The molecule has 1 fully saturated rings. The Balaban J connectivity index is 1.73. The molecule has 4 rings (SSSR count). The summed E-state index contributed by atoms with van der Waals surface area (Å²) in [6, 6.07) is 13.4. The van der Waals surface area contributed by atoms with E-state index in [-0.39, 0.29) is 0 Å². The number of carbonyl (C=O) groups is 1. The molecule has 0 spiro atoms. The van der Waals surface area contributed by atoms with Crippen LogP contribution in [0, 0.1) is 6.92 Å². The quantitative estimate of drug-likeness (QED) is 0.704. The number of hydrogen-bond donors (Lipinski definition) is 1. The summed E-state index contributed by atoms with van der Waals surface area (Å²) in [6.45, 7) is 5.46. The lowest BCUT2D eigenvalue weighted by Gasteiger charge is -2.48. The first kappa shape index (κ1) is 24.2. The maximum absolute atomic E-state index is 13.1. The van der Waals surface area contributed by atoms with Gasteiger partial charge in [0.2, 0.25) is 5.91 Å². The van der Waals surface area contributed by atoms with E-state index in [2.05, 4.69) is 16.8 Å². The monoisotopic (exact) mass is 469 g/mol. The number of piperazine rings is 1. The van der Waals surface area contributed by atoms with Crippen molar-refractivity contribution in [3.63, 3.8) is 0 Å². The first-order chi connectivity index (χ1) is 16.1. The number of carbonyl (C=O) groups excluding carboxylic acids is 1. The lowest BCUT2D eigenvalue weighted by Crippen LogP contribution is -2.57. The van der Waals surface area contributed by atoms with Crippen LogP contribution in [0.4, 0.5) is 13.2 Å². The van der Waals surface area contributed by atoms with Crippen LogP contribution in [0.3, 0.4) is 0 Å². The molecule has 4 nitrogen and oxygen atoms in total. The highest BCUT2D eigenvalue weighted by atomic mass is 19.4. The number of hydrogen-bond acceptors (Lipinski definition) is 3. The second-order valence-electron chi connectivity index (χ2n) is 9.40. The number of benzene rings is 2. The minimum atomic E-state index is -4.36. The van der Waals surface area contributed by atoms with E-state index in [4.69, 9.17) is 5.73 Å². The second-order valence-corrected chi connectivity index (χ2v) is 9.40. The number of likely N-dealkylation sites (N-methyl/N-ethyl adjacent to an activating group) is 1. The number of halogens is 3. The van der Waals surface area contributed by atoms with Crippen molar-refractivity contribution in [1.82, 2.24) is 9.80 Å². The number of alkyl halides is 3. The molecule has 2 aliphatic rings. The molecule has 1 aliphatic carbocycles. The van der Waals surface area contributed by atoms with Gasteiger partial charge >= 0.3 is 6.18 Å². The highest BCUT2D eigenvalue weighted by Crippen LogP contribution is 2.40. The maximum Gasteiger partial charge on any atom is 0.416 e. The lowest BCUT2D eigenvalue weighted by atomic mass is 9.75. The third kappa shape index (κ3) is 5.10. The molecule has 34 heavy (non-hydrogen) atoms. The average Bonchev–Trinajstić information content (AvgIpc) is 2.79. The van der Waals surface area contributed by atoms with Crippen molar-refractivity contribution in [2.45, 2.75) is 31.5 Å². The summed E-state index contributed by atoms with van der Waals surface area (Å²) in [5.41, 5.74) is 8.86. The van der Waals surface area contributed by atoms with Gasteiger partial charge in [-0.15, -0.1) is 0 Å². The number of rotatable bonds is 5. The molecule has 1 aliphatic heterocycles. The van der Waals surface area contributed by atoms with Crippen molar-refractivity contribution >= 4 is 11.5 Å². The van der Waals surface area contributed by atoms with Crippen molar-refractivity contribution in [3.8, 4) is 0 Å². The molecule has 1 heterocycles. The molecule has 180 valence electrons. The predicted molar refractivity (Wildman–Crippen MR) is 128 cm³/mol. The van der Waals surface area contributed by atoms with Gasteiger partial charge in [0.1, 0.15) is 0 Å². The third-order valence-corrected chi connectivity index (χ3v) is 6.96. The number of amides is 1. The van der Waals surface area contributed by atoms with Gasteiger partial charge < -0.3 is 10.6 Å². The minimum absolute atomic E-state index is 0.472. The van der Waals surface area contributed by atoms with Gasteiger partial charge in [0.15, 0.2) is 0 Å². The number of nitrogens with zero attached hydrogens (tertiary/aromatic N) is 2. The third-order valence-electron chi connectivity index (χ3n) is 6.96. The Bertz CT molecular complexity index is 1100. The van der Waals surface area contributed by atoms with Gasteiger partial charge in [-0.05, 0) is 55.6 Å². The van der Waals surface area contributed by atoms with E-state index in [1.807, 2.05) is 43.3 Å².